The highest BCUT2D eigenvalue weighted by Gasteiger charge is 2.19. The van der Waals surface area contributed by atoms with Crippen LogP contribution in [0.3, 0.4) is 0 Å². The Morgan fingerprint density at radius 1 is 1.14 bits per heavy atom. The molecule has 5 heteroatoms. The Hall–Kier alpha value is -2.56. The second kappa shape index (κ2) is 5.44. The maximum Gasteiger partial charge on any atom is 0.252 e. The first-order valence-electron chi connectivity index (χ1n) is 7.02. The molecule has 0 saturated carbocycles. The number of nitrogens with zero attached hydrogens (tertiary/aromatic N) is 2. The van der Waals surface area contributed by atoms with E-state index in [1.807, 2.05) is 0 Å². The fourth-order valence-corrected chi connectivity index (χ4v) is 2.79. The van der Waals surface area contributed by atoms with Crippen molar-refractivity contribution < 1.29 is 4.79 Å². The van der Waals surface area contributed by atoms with E-state index in [2.05, 4.69) is 34.1 Å². The molecule has 1 amide bonds. The molecule has 1 aromatic carbocycles. The van der Waals surface area contributed by atoms with Crippen LogP contribution in [0.4, 0.5) is 11.5 Å². The summed E-state index contributed by atoms with van der Waals surface area (Å²) in [5.41, 5.74) is 14.7. The van der Waals surface area contributed by atoms with Gasteiger partial charge in [-0.2, -0.15) is 0 Å². The molecule has 0 unspecified atom stereocenters. The number of primary amides is 1. The van der Waals surface area contributed by atoms with E-state index in [1.54, 1.807) is 12.3 Å². The van der Waals surface area contributed by atoms with Crippen molar-refractivity contribution in [3.05, 3.63) is 53.2 Å². The van der Waals surface area contributed by atoms with Crippen molar-refractivity contribution in [2.24, 2.45) is 5.73 Å². The van der Waals surface area contributed by atoms with Crippen LogP contribution in [0.2, 0.25) is 0 Å². The number of carbonyl (C=O) groups is 1. The molecule has 1 aliphatic rings. The monoisotopic (exact) mass is 282 g/mol. The lowest BCUT2D eigenvalue weighted by Crippen LogP contribution is -2.30. The quantitative estimate of drug-likeness (QED) is 0.871. The maximum absolute atomic E-state index is 11.6. The molecule has 0 bridgehead atoms. The van der Waals surface area contributed by atoms with Crippen molar-refractivity contribution in [2.45, 2.75) is 12.8 Å². The van der Waals surface area contributed by atoms with Gasteiger partial charge in [-0.3, -0.25) is 4.79 Å². The molecule has 21 heavy (non-hydrogen) atoms. The Kier molecular flexibility index (Phi) is 3.48. The van der Waals surface area contributed by atoms with Crippen molar-refractivity contribution in [3.8, 4) is 0 Å². The van der Waals surface area contributed by atoms with Gasteiger partial charge in [0.2, 0.25) is 0 Å². The summed E-state index contributed by atoms with van der Waals surface area (Å²) in [6.07, 6.45) is 3.43. The van der Waals surface area contributed by atoms with E-state index in [-0.39, 0.29) is 0 Å². The average molecular weight is 282 g/mol. The summed E-state index contributed by atoms with van der Waals surface area (Å²) >= 11 is 0. The van der Waals surface area contributed by atoms with Gasteiger partial charge in [0.05, 0.1) is 17.4 Å². The SMILES string of the molecule is NC(=O)c1cc(N)cnc1N1CCc2ccccc2CC1. The van der Waals surface area contributed by atoms with Crippen LogP contribution in [-0.4, -0.2) is 24.0 Å². The van der Waals surface area contributed by atoms with Crippen LogP contribution < -0.4 is 16.4 Å². The number of nitrogens with two attached hydrogens (primary N) is 2. The van der Waals surface area contributed by atoms with E-state index in [0.29, 0.717) is 17.1 Å². The molecule has 3 rings (SSSR count). The normalized spacial score (nSPS) is 14.4. The number of anilines is 2. The summed E-state index contributed by atoms with van der Waals surface area (Å²) in [6.45, 7) is 1.63. The Balaban J connectivity index is 1.91. The summed E-state index contributed by atoms with van der Waals surface area (Å²) in [5.74, 6) is 0.135. The van der Waals surface area contributed by atoms with Crippen molar-refractivity contribution >= 4 is 17.4 Å². The van der Waals surface area contributed by atoms with Gasteiger partial charge in [0.1, 0.15) is 5.82 Å². The lowest BCUT2D eigenvalue weighted by molar-refractivity contribution is 0.100. The number of carbonyl (C=O) groups excluding carboxylic acids is 1. The number of pyridine rings is 1. The molecule has 4 N–H and O–H groups in total. The molecule has 0 saturated heterocycles. The summed E-state index contributed by atoms with van der Waals surface area (Å²) in [6, 6.07) is 10.0. The number of hydrogen-bond acceptors (Lipinski definition) is 4. The molecule has 0 radical (unpaired) electrons. The van der Waals surface area contributed by atoms with Crippen molar-refractivity contribution in [1.82, 2.24) is 4.98 Å². The predicted molar refractivity (Wildman–Crippen MR) is 83.2 cm³/mol. The number of aromatic nitrogens is 1. The standard InChI is InChI=1S/C16H18N4O/c17-13-9-14(15(18)21)16(19-10-13)20-7-5-11-3-1-2-4-12(11)6-8-20/h1-4,9-10H,5-8,17H2,(H2,18,21). The fraction of sp³-hybridized carbons (Fsp3) is 0.250. The van der Waals surface area contributed by atoms with Crippen molar-refractivity contribution in [2.75, 3.05) is 23.7 Å². The third kappa shape index (κ3) is 2.67. The van der Waals surface area contributed by atoms with Gasteiger partial charge in [-0.1, -0.05) is 24.3 Å². The topological polar surface area (TPSA) is 85.2 Å². The lowest BCUT2D eigenvalue weighted by Gasteiger charge is -2.23. The molecule has 0 atom stereocenters. The van der Waals surface area contributed by atoms with Crippen LogP contribution in [-0.2, 0) is 12.8 Å². The van der Waals surface area contributed by atoms with Crippen molar-refractivity contribution in [1.29, 1.82) is 0 Å². The zero-order valence-electron chi connectivity index (χ0n) is 11.7. The average Bonchev–Trinajstić information content (AvgIpc) is 2.70. The third-order valence-corrected chi connectivity index (χ3v) is 3.87. The molecule has 0 fully saturated rings. The largest absolute Gasteiger partial charge is 0.397 e. The Morgan fingerprint density at radius 2 is 1.76 bits per heavy atom. The second-order valence-corrected chi connectivity index (χ2v) is 5.26. The predicted octanol–water partition coefficient (Wildman–Crippen LogP) is 1.37. The number of amides is 1. The summed E-state index contributed by atoms with van der Waals surface area (Å²) in [4.78, 5) is 18.1. The van der Waals surface area contributed by atoms with Crippen LogP contribution in [0.5, 0.6) is 0 Å². The second-order valence-electron chi connectivity index (χ2n) is 5.26. The smallest absolute Gasteiger partial charge is 0.252 e. The van der Waals surface area contributed by atoms with Gasteiger partial charge in [0, 0.05) is 13.1 Å². The highest BCUT2D eigenvalue weighted by Crippen LogP contribution is 2.23. The van der Waals surface area contributed by atoms with Crippen molar-refractivity contribution in [3.63, 3.8) is 0 Å². The van der Waals surface area contributed by atoms with Crippen LogP contribution in [0, 0.1) is 0 Å². The molecular weight excluding hydrogens is 264 g/mol. The van der Waals surface area contributed by atoms with Crippen LogP contribution in [0.15, 0.2) is 36.5 Å². The van der Waals surface area contributed by atoms with E-state index in [0.717, 1.165) is 25.9 Å². The van der Waals surface area contributed by atoms with E-state index < -0.39 is 5.91 Å². The first-order valence-corrected chi connectivity index (χ1v) is 7.02. The minimum atomic E-state index is -0.494. The van der Waals surface area contributed by atoms with Gasteiger partial charge in [-0.05, 0) is 30.0 Å². The number of benzene rings is 1. The van der Waals surface area contributed by atoms with Gasteiger partial charge < -0.3 is 16.4 Å². The van der Waals surface area contributed by atoms with Gasteiger partial charge in [0.25, 0.3) is 5.91 Å². The Bertz CT molecular complexity index is 657. The molecule has 0 aliphatic carbocycles. The third-order valence-electron chi connectivity index (χ3n) is 3.87. The first-order chi connectivity index (χ1) is 10.1. The fourth-order valence-electron chi connectivity index (χ4n) is 2.79. The molecule has 5 nitrogen and oxygen atoms in total. The van der Waals surface area contributed by atoms with E-state index >= 15 is 0 Å². The van der Waals surface area contributed by atoms with Gasteiger partial charge in [-0.25, -0.2) is 4.98 Å². The maximum atomic E-state index is 11.6. The molecule has 2 heterocycles. The minimum absolute atomic E-state index is 0.390. The number of fused-ring (bicyclic) bond motifs is 1. The van der Waals surface area contributed by atoms with E-state index in [4.69, 9.17) is 11.5 Å². The number of hydrogen-bond donors (Lipinski definition) is 2. The van der Waals surface area contributed by atoms with E-state index in [1.165, 1.54) is 11.1 Å². The molecule has 1 aliphatic heterocycles. The highest BCUT2D eigenvalue weighted by atomic mass is 16.1. The molecule has 1 aromatic heterocycles. The minimum Gasteiger partial charge on any atom is -0.397 e. The first kappa shape index (κ1) is 13.4. The molecular formula is C16H18N4O. The lowest BCUT2D eigenvalue weighted by atomic mass is 10.0. The molecule has 2 aromatic rings. The summed E-state index contributed by atoms with van der Waals surface area (Å²) < 4.78 is 0. The zero-order valence-corrected chi connectivity index (χ0v) is 11.7. The van der Waals surface area contributed by atoms with E-state index in [9.17, 15) is 4.79 Å². The molecule has 108 valence electrons. The summed E-state index contributed by atoms with van der Waals surface area (Å²) in [7, 11) is 0. The van der Waals surface area contributed by atoms with Crippen LogP contribution >= 0.6 is 0 Å². The van der Waals surface area contributed by atoms with Crippen LogP contribution in [0.1, 0.15) is 21.5 Å². The van der Waals surface area contributed by atoms with Gasteiger partial charge in [0.15, 0.2) is 0 Å². The molecule has 0 spiro atoms. The Labute approximate surface area is 123 Å². The van der Waals surface area contributed by atoms with Gasteiger partial charge >= 0.3 is 0 Å². The summed E-state index contributed by atoms with van der Waals surface area (Å²) in [5, 5.41) is 0. The number of nitrogen functional groups attached to an aromatic ring is 1. The zero-order chi connectivity index (χ0) is 14.8. The van der Waals surface area contributed by atoms with Crippen LogP contribution in [0.25, 0.3) is 0 Å². The number of rotatable bonds is 2. The van der Waals surface area contributed by atoms with Gasteiger partial charge in [-0.15, -0.1) is 0 Å². The Morgan fingerprint density at radius 3 is 2.33 bits per heavy atom. The highest BCUT2D eigenvalue weighted by molar-refractivity contribution is 5.98.